The highest BCUT2D eigenvalue weighted by Gasteiger charge is 2.59. The van der Waals surface area contributed by atoms with E-state index in [4.69, 9.17) is 4.74 Å². The molecule has 5 nitrogen and oxygen atoms in total. The highest BCUT2D eigenvalue weighted by Crippen LogP contribution is 2.62. The predicted molar refractivity (Wildman–Crippen MR) is 122 cm³/mol. The Morgan fingerprint density at radius 2 is 1.71 bits per heavy atom. The molecule has 0 saturated heterocycles. The van der Waals surface area contributed by atoms with Crippen LogP contribution in [0.2, 0.25) is 0 Å². The Kier molecular flexibility index (Phi) is 5.23. The van der Waals surface area contributed by atoms with E-state index in [1.165, 1.54) is 12.8 Å². The molecule has 4 bridgehead atoms. The number of rotatable bonds is 6. The lowest BCUT2D eigenvalue weighted by Gasteiger charge is -2.62. The number of hydrogen-bond acceptors (Lipinski definition) is 4. The number of ether oxygens (including phenoxy) is 1. The number of aliphatic hydroxyl groups is 1. The first-order valence-electron chi connectivity index (χ1n) is 12.3. The van der Waals surface area contributed by atoms with Crippen molar-refractivity contribution in [2.24, 2.45) is 17.3 Å². The summed E-state index contributed by atoms with van der Waals surface area (Å²) in [7, 11) is 1.67. The summed E-state index contributed by atoms with van der Waals surface area (Å²) >= 11 is 0. The molecule has 0 aromatic heterocycles. The van der Waals surface area contributed by atoms with Crippen LogP contribution < -0.4 is 15.4 Å². The molecule has 3 N–H and O–H groups in total. The van der Waals surface area contributed by atoms with Crippen molar-refractivity contribution in [1.29, 1.82) is 0 Å². The lowest BCUT2D eigenvalue weighted by Crippen LogP contribution is -2.64. The maximum absolute atomic E-state index is 13.8. The van der Waals surface area contributed by atoms with Crippen molar-refractivity contribution in [2.45, 2.75) is 94.7 Å². The minimum absolute atomic E-state index is 0.0600. The Morgan fingerprint density at radius 1 is 1.06 bits per heavy atom. The van der Waals surface area contributed by atoms with E-state index in [1.807, 2.05) is 24.3 Å². The quantitative estimate of drug-likeness (QED) is 0.619. The van der Waals surface area contributed by atoms with Gasteiger partial charge in [0.05, 0.1) is 12.7 Å². The predicted octanol–water partition coefficient (Wildman–Crippen LogP) is 4.65. The molecule has 1 aromatic rings. The number of hydrogen-bond donors (Lipinski definition) is 3. The van der Waals surface area contributed by atoms with Crippen molar-refractivity contribution in [3.63, 3.8) is 0 Å². The zero-order valence-corrected chi connectivity index (χ0v) is 19.1. The average Bonchev–Trinajstić information content (AvgIpc) is 2.73. The second-order valence-corrected chi connectivity index (χ2v) is 11.2. The molecule has 1 amide bonds. The molecule has 6 rings (SSSR count). The molecule has 1 aromatic carbocycles. The number of carbonyl (C=O) groups excluding carboxylic acids is 1. The zero-order chi connectivity index (χ0) is 21.7. The van der Waals surface area contributed by atoms with E-state index in [1.54, 1.807) is 7.11 Å². The Hall–Kier alpha value is -1.75. The fraction of sp³-hybridized carbons (Fsp3) is 0.731. The van der Waals surface area contributed by atoms with E-state index in [2.05, 4.69) is 17.6 Å². The minimum atomic E-state index is -0.555. The van der Waals surface area contributed by atoms with Gasteiger partial charge in [0.2, 0.25) is 5.91 Å². The van der Waals surface area contributed by atoms with Crippen LogP contribution in [-0.2, 0) is 4.79 Å². The lowest BCUT2D eigenvalue weighted by atomic mass is 9.46. The van der Waals surface area contributed by atoms with Gasteiger partial charge in [-0.05, 0) is 99.8 Å². The third kappa shape index (κ3) is 3.83. The lowest BCUT2D eigenvalue weighted by molar-refractivity contribution is -0.173. The van der Waals surface area contributed by atoms with E-state index >= 15 is 0 Å². The molecule has 31 heavy (non-hydrogen) atoms. The highest BCUT2D eigenvalue weighted by molar-refractivity contribution is 5.90. The summed E-state index contributed by atoms with van der Waals surface area (Å²) in [6, 6.07) is 7.97. The monoisotopic (exact) mass is 426 g/mol. The van der Waals surface area contributed by atoms with E-state index in [-0.39, 0.29) is 17.4 Å². The highest BCUT2D eigenvalue weighted by atomic mass is 16.5. The average molecular weight is 427 g/mol. The summed E-state index contributed by atoms with van der Waals surface area (Å²) in [5.41, 5.74) is -0.0212. The van der Waals surface area contributed by atoms with Gasteiger partial charge < -0.3 is 20.5 Å². The van der Waals surface area contributed by atoms with Gasteiger partial charge in [0.1, 0.15) is 11.3 Å². The maximum Gasteiger partial charge on any atom is 0.245 e. The van der Waals surface area contributed by atoms with Crippen LogP contribution in [0.25, 0.3) is 0 Å². The minimum Gasteiger partial charge on any atom is -0.497 e. The van der Waals surface area contributed by atoms with Crippen LogP contribution in [0.4, 0.5) is 5.69 Å². The van der Waals surface area contributed by atoms with Crippen LogP contribution in [0, 0.1) is 17.3 Å². The number of nitrogens with one attached hydrogen (secondary N) is 2. The fourth-order valence-electron chi connectivity index (χ4n) is 7.79. The molecule has 0 aliphatic heterocycles. The molecule has 3 unspecified atom stereocenters. The van der Waals surface area contributed by atoms with Gasteiger partial charge in [-0.1, -0.05) is 19.3 Å². The van der Waals surface area contributed by atoms with Crippen molar-refractivity contribution in [1.82, 2.24) is 5.32 Å². The largest absolute Gasteiger partial charge is 0.497 e. The van der Waals surface area contributed by atoms with Gasteiger partial charge in [0, 0.05) is 11.7 Å². The zero-order valence-electron chi connectivity index (χ0n) is 19.1. The van der Waals surface area contributed by atoms with Crippen LogP contribution in [0.3, 0.4) is 0 Å². The van der Waals surface area contributed by atoms with E-state index in [0.717, 1.165) is 69.2 Å². The molecule has 5 aliphatic carbocycles. The Bertz CT molecular complexity index is 800. The third-order valence-corrected chi connectivity index (χ3v) is 8.96. The summed E-state index contributed by atoms with van der Waals surface area (Å²) in [6.07, 6.45) is 11.4. The van der Waals surface area contributed by atoms with Gasteiger partial charge in [-0.15, -0.1) is 0 Å². The summed E-state index contributed by atoms with van der Waals surface area (Å²) in [5.74, 6) is 2.22. The van der Waals surface area contributed by atoms with Crippen molar-refractivity contribution >= 4 is 11.6 Å². The Morgan fingerprint density at radius 3 is 2.29 bits per heavy atom. The van der Waals surface area contributed by atoms with Gasteiger partial charge in [-0.2, -0.15) is 0 Å². The Labute approximate surface area is 186 Å². The molecular weight excluding hydrogens is 388 g/mol. The van der Waals surface area contributed by atoms with Gasteiger partial charge in [0.25, 0.3) is 0 Å². The van der Waals surface area contributed by atoms with Crippen molar-refractivity contribution in [3.8, 4) is 5.75 Å². The van der Waals surface area contributed by atoms with Gasteiger partial charge in [-0.25, -0.2) is 0 Å². The summed E-state index contributed by atoms with van der Waals surface area (Å²) in [4.78, 5) is 13.8. The van der Waals surface area contributed by atoms with Crippen LogP contribution in [-0.4, -0.2) is 35.3 Å². The molecule has 0 radical (unpaired) electrons. The normalized spacial score (nSPS) is 36.6. The molecule has 5 heteroatoms. The SMILES string of the molecule is COc1ccc(NC2(C(=O)NC(C)C34CC5CC(CC(O)(C5)C3)C4)CCCCC2)cc1. The van der Waals surface area contributed by atoms with Crippen molar-refractivity contribution < 1.29 is 14.6 Å². The van der Waals surface area contributed by atoms with E-state index in [0.29, 0.717) is 11.8 Å². The summed E-state index contributed by atoms with van der Waals surface area (Å²) in [5, 5.41) is 18.2. The number of anilines is 1. The van der Waals surface area contributed by atoms with Crippen LogP contribution in [0.1, 0.15) is 77.6 Å². The number of amides is 1. The summed E-state index contributed by atoms with van der Waals surface area (Å²) < 4.78 is 5.28. The topological polar surface area (TPSA) is 70.6 Å². The molecule has 3 atom stereocenters. The molecular formula is C26H38N2O3. The number of carbonyl (C=O) groups is 1. The van der Waals surface area contributed by atoms with Gasteiger partial charge in [0.15, 0.2) is 0 Å². The molecule has 0 spiro atoms. The van der Waals surface area contributed by atoms with Crippen LogP contribution >= 0.6 is 0 Å². The fourth-order valence-corrected chi connectivity index (χ4v) is 7.79. The second kappa shape index (κ2) is 7.68. The maximum atomic E-state index is 13.8. The first-order valence-corrected chi connectivity index (χ1v) is 12.3. The smallest absolute Gasteiger partial charge is 0.245 e. The van der Waals surface area contributed by atoms with Gasteiger partial charge in [-0.3, -0.25) is 4.79 Å². The third-order valence-electron chi connectivity index (χ3n) is 8.96. The number of benzene rings is 1. The molecule has 170 valence electrons. The van der Waals surface area contributed by atoms with Crippen molar-refractivity contribution in [2.75, 3.05) is 12.4 Å². The van der Waals surface area contributed by atoms with E-state index in [9.17, 15) is 9.90 Å². The molecule has 5 fully saturated rings. The van der Waals surface area contributed by atoms with Crippen molar-refractivity contribution in [3.05, 3.63) is 24.3 Å². The van der Waals surface area contributed by atoms with Crippen LogP contribution in [0.15, 0.2) is 24.3 Å². The first kappa shape index (κ1) is 21.1. The standard InChI is InChI=1S/C26H38N2O3/c1-18(24-13-19-12-20(14-24)16-25(30,15-19)17-24)27-23(29)26(10-4-3-5-11-26)28-21-6-8-22(31-2)9-7-21/h6-9,18-20,28,30H,3-5,10-17H2,1-2H3,(H,27,29). The van der Waals surface area contributed by atoms with Crippen LogP contribution in [0.5, 0.6) is 5.75 Å². The first-order chi connectivity index (χ1) is 14.8. The van der Waals surface area contributed by atoms with E-state index < -0.39 is 11.1 Å². The second-order valence-electron chi connectivity index (χ2n) is 11.2. The summed E-state index contributed by atoms with van der Waals surface area (Å²) in [6.45, 7) is 2.19. The molecule has 0 heterocycles. The number of methoxy groups -OCH3 is 1. The molecule has 5 aliphatic rings. The molecule has 5 saturated carbocycles. The van der Waals surface area contributed by atoms with Gasteiger partial charge >= 0.3 is 0 Å². The Balaban J connectivity index is 1.34.